The maximum Gasteiger partial charge on any atom is 0.335 e. The molecule has 0 aliphatic heterocycles. The first-order chi connectivity index (χ1) is 12.6. The highest BCUT2D eigenvalue weighted by Gasteiger charge is 2.39. The minimum atomic E-state index is -1.17. The summed E-state index contributed by atoms with van der Waals surface area (Å²) in [6.45, 7) is 7.49. The zero-order valence-electron chi connectivity index (χ0n) is 17.4. The Morgan fingerprint density at radius 2 is 1.63 bits per heavy atom. The second kappa shape index (κ2) is 9.60. The Morgan fingerprint density at radius 1 is 1.07 bits per heavy atom. The maximum atomic E-state index is 12.5. The summed E-state index contributed by atoms with van der Waals surface area (Å²) in [6, 6.07) is 0. The third-order valence-electron chi connectivity index (χ3n) is 6.36. The number of carbonyl (C=O) groups excluding carboxylic acids is 1. The summed E-state index contributed by atoms with van der Waals surface area (Å²) in [5, 5.41) is 10.0. The lowest BCUT2D eigenvalue weighted by atomic mass is 9.74. The molecule has 154 valence electrons. The van der Waals surface area contributed by atoms with Gasteiger partial charge >= 0.3 is 5.97 Å². The smallest absolute Gasteiger partial charge is 0.335 e. The van der Waals surface area contributed by atoms with Gasteiger partial charge in [0.1, 0.15) is 0 Å². The van der Waals surface area contributed by atoms with Crippen molar-refractivity contribution in [3.8, 4) is 0 Å². The van der Waals surface area contributed by atoms with Crippen LogP contribution in [0.2, 0.25) is 0 Å². The standard InChI is InChI=1S/C22H36O4S/c1-14-12-16(13-15(2)20(14)26-22(3,4)21(24)25)6-11-19(23)17-7-9-18(27-5)10-8-17/h6,11,14-18,20H,7-10,12-13H2,1-5H3,(H,24,25)/b11-6+/t14-,15?,16?,17?,18?,20?/m0/s1. The second-order valence-electron chi connectivity index (χ2n) is 9.05. The van der Waals surface area contributed by atoms with E-state index in [1.54, 1.807) is 13.8 Å². The molecule has 2 rings (SSSR count). The van der Waals surface area contributed by atoms with Crippen molar-refractivity contribution in [2.75, 3.05) is 6.26 Å². The molecular formula is C22H36O4S. The van der Waals surface area contributed by atoms with Crippen molar-refractivity contribution in [1.82, 2.24) is 0 Å². The molecule has 0 bridgehead atoms. The first-order valence-corrected chi connectivity index (χ1v) is 11.6. The summed E-state index contributed by atoms with van der Waals surface area (Å²) < 4.78 is 5.96. The molecule has 5 heteroatoms. The Hall–Kier alpha value is -0.810. The molecular weight excluding hydrogens is 360 g/mol. The zero-order valence-corrected chi connectivity index (χ0v) is 18.3. The normalized spacial score (nSPS) is 35.3. The predicted molar refractivity (Wildman–Crippen MR) is 111 cm³/mol. The molecule has 3 unspecified atom stereocenters. The van der Waals surface area contributed by atoms with E-state index in [-0.39, 0.29) is 23.9 Å². The van der Waals surface area contributed by atoms with E-state index >= 15 is 0 Å². The summed E-state index contributed by atoms with van der Waals surface area (Å²) in [6.07, 6.45) is 12.3. The molecule has 27 heavy (non-hydrogen) atoms. The van der Waals surface area contributed by atoms with Crippen LogP contribution in [0.25, 0.3) is 0 Å². The Bertz CT molecular complexity index is 537. The van der Waals surface area contributed by atoms with Crippen LogP contribution in [-0.4, -0.2) is 40.1 Å². The Labute approximate surface area is 168 Å². The average molecular weight is 397 g/mol. The minimum absolute atomic E-state index is 0.0572. The molecule has 0 aromatic rings. The van der Waals surface area contributed by atoms with Gasteiger partial charge in [-0.3, -0.25) is 4.79 Å². The molecule has 0 saturated heterocycles. The lowest BCUT2D eigenvalue weighted by Gasteiger charge is -2.41. The van der Waals surface area contributed by atoms with Crippen molar-refractivity contribution in [1.29, 1.82) is 0 Å². The van der Waals surface area contributed by atoms with Crippen LogP contribution in [0.3, 0.4) is 0 Å². The van der Waals surface area contributed by atoms with E-state index in [0.29, 0.717) is 11.7 Å². The van der Waals surface area contributed by atoms with Gasteiger partial charge in [0, 0.05) is 11.2 Å². The topological polar surface area (TPSA) is 63.6 Å². The molecule has 2 aliphatic carbocycles. The van der Waals surface area contributed by atoms with Gasteiger partial charge < -0.3 is 9.84 Å². The monoisotopic (exact) mass is 396 g/mol. The minimum Gasteiger partial charge on any atom is -0.479 e. The number of carbonyl (C=O) groups is 2. The van der Waals surface area contributed by atoms with Crippen LogP contribution in [-0.2, 0) is 14.3 Å². The molecule has 2 saturated carbocycles. The van der Waals surface area contributed by atoms with E-state index in [9.17, 15) is 14.7 Å². The largest absolute Gasteiger partial charge is 0.479 e. The van der Waals surface area contributed by atoms with E-state index in [4.69, 9.17) is 4.74 Å². The van der Waals surface area contributed by atoms with Gasteiger partial charge in [0.05, 0.1) is 6.10 Å². The molecule has 2 fully saturated rings. The van der Waals surface area contributed by atoms with Crippen molar-refractivity contribution in [3.63, 3.8) is 0 Å². The van der Waals surface area contributed by atoms with Crippen LogP contribution >= 0.6 is 11.8 Å². The number of thioether (sulfide) groups is 1. The number of carboxylic acid groups (broad SMARTS) is 1. The summed E-state index contributed by atoms with van der Waals surface area (Å²) in [5.74, 6) is 0.485. The highest BCUT2D eigenvalue weighted by molar-refractivity contribution is 7.99. The van der Waals surface area contributed by atoms with Crippen LogP contribution in [0, 0.1) is 23.7 Å². The molecule has 0 spiro atoms. The van der Waals surface area contributed by atoms with E-state index in [1.807, 2.05) is 17.8 Å². The molecule has 1 N–H and O–H groups in total. The van der Waals surface area contributed by atoms with Crippen molar-refractivity contribution in [2.24, 2.45) is 23.7 Å². The van der Waals surface area contributed by atoms with Crippen LogP contribution < -0.4 is 0 Å². The maximum absolute atomic E-state index is 12.5. The molecule has 0 radical (unpaired) electrons. The number of ketones is 1. The zero-order chi connectivity index (χ0) is 20.2. The van der Waals surface area contributed by atoms with Gasteiger partial charge in [-0.15, -0.1) is 0 Å². The number of carboxylic acids is 1. The lowest BCUT2D eigenvalue weighted by Crippen LogP contribution is -2.45. The third kappa shape index (κ3) is 6.08. The highest BCUT2D eigenvalue weighted by atomic mass is 32.2. The van der Waals surface area contributed by atoms with Crippen LogP contribution in [0.5, 0.6) is 0 Å². The Balaban J connectivity index is 1.88. The lowest BCUT2D eigenvalue weighted by molar-refractivity contribution is -0.179. The summed E-state index contributed by atoms with van der Waals surface area (Å²) in [7, 11) is 0. The van der Waals surface area contributed by atoms with E-state index < -0.39 is 11.6 Å². The van der Waals surface area contributed by atoms with Crippen LogP contribution in [0.15, 0.2) is 12.2 Å². The number of hydrogen-bond acceptors (Lipinski definition) is 4. The number of hydrogen-bond donors (Lipinski definition) is 1. The fraction of sp³-hybridized carbons (Fsp3) is 0.818. The number of rotatable bonds is 7. The van der Waals surface area contributed by atoms with Crippen LogP contribution in [0.1, 0.15) is 66.2 Å². The van der Waals surface area contributed by atoms with Gasteiger partial charge in [0.2, 0.25) is 0 Å². The van der Waals surface area contributed by atoms with E-state index in [2.05, 4.69) is 26.2 Å². The fourth-order valence-electron chi connectivity index (χ4n) is 4.61. The van der Waals surface area contributed by atoms with Crippen molar-refractivity contribution < 1.29 is 19.4 Å². The van der Waals surface area contributed by atoms with Gasteiger partial charge in [-0.25, -0.2) is 4.79 Å². The second-order valence-corrected chi connectivity index (χ2v) is 10.2. The van der Waals surface area contributed by atoms with Crippen LogP contribution in [0.4, 0.5) is 0 Å². The molecule has 2 aliphatic rings. The van der Waals surface area contributed by atoms with Gasteiger partial charge in [0.15, 0.2) is 11.4 Å². The van der Waals surface area contributed by atoms with Gasteiger partial charge in [-0.2, -0.15) is 11.8 Å². The molecule has 4 atom stereocenters. The average Bonchev–Trinajstić information content (AvgIpc) is 2.62. The van der Waals surface area contributed by atoms with Gasteiger partial charge in [-0.05, 0) is 82.5 Å². The highest BCUT2D eigenvalue weighted by Crippen LogP contribution is 2.38. The summed E-state index contributed by atoms with van der Waals surface area (Å²) in [5.41, 5.74) is -1.17. The molecule has 0 amide bonds. The number of allylic oxidation sites excluding steroid dienone is 2. The first-order valence-electron chi connectivity index (χ1n) is 10.3. The SMILES string of the molecule is CSC1CCC(C(=O)/C=C/C2CC(C)C(OC(C)(C)C(=O)O)[C@@H](C)C2)CC1. The van der Waals surface area contributed by atoms with Crippen molar-refractivity contribution in [2.45, 2.75) is 83.2 Å². The van der Waals surface area contributed by atoms with E-state index in [1.165, 1.54) is 0 Å². The summed E-state index contributed by atoms with van der Waals surface area (Å²) in [4.78, 5) is 23.9. The van der Waals surface area contributed by atoms with Gasteiger partial charge in [0.25, 0.3) is 0 Å². The summed E-state index contributed by atoms with van der Waals surface area (Å²) >= 11 is 1.92. The number of ether oxygens (including phenoxy) is 1. The van der Waals surface area contributed by atoms with Crippen molar-refractivity contribution in [3.05, 3.63) is 12.2 Å². The number of aliphatic carboxylic acids is 1. The quantitative estimate of drug-likeness (QED) is 0.616. The fourth-order valence-corrected chi connectivity index (χ4v) is 5.35. The van der Waals surface area contributed by atoms with E-state index in [0.717, 1.165) is 43.8 Å². The molecule has 0 aromatic carbocycles. The molecule has 0 heterocycles. The molecule has 4 nitrogen and oxygen atoms in total. The first kappa shape index (κ1) is 22.5. The van der Waals surface area contributed by atoms with Crippen molar-refractivity contribution >= 4 is 23.5 Å². The Morgan fingerprint density at radius 3 is 2.11 bits per heavy atom. The Kier molecular flexibility index (Phi) is 7.99. The predicted octanol–water partition coefficient (Wildman–Crippen LogP) is 4.96. The third-order valence-corrected chi connectivity index (χ3v) is 7.50. The van der Waals surface area contributed by atoms with Gasteiger partial charge in [-0.1, -0.05) is 19.9 Å². The molecule has 0 aromatic heterocycles.